The van der Waals surface area contributed by atoms with Crippen LogP contribution in [0, 0.1) is 0 Å². The van der Waals surface area contributed by atoms with Gasteiger partial charge >= 0.3 is 0 Å². The Kier molecular flexibility index (Phi) is 6.68. The van der Waals surface area contributed by atoms with Gasteiger partial charge in [0.25, 0.3) is 0 Å². The van der Waals surface area contributed by atoms with Gasteiger partial charge in [-0.05, 0) is 30.3 Å². The molecular weight excluding hydrogens is 382 g/mol. The van der Waals surface area contributed by atoms with Crippen LogP contribution in [0.4, 0.5) is 0 Å². The summed E-state index contributed by atoms with van der Waals surface area (Å²) in [6.45, 7) is 0.421. The summed E-state index contributed by atoms with van der Waals surface area (Å²) in [5, 5.41) is 12.6. The molecule has 1 aromatic heterocycles. The van der Waals surface area contributed by atoms with E-state index in [9.17, 15) is 4.79 Å². The molecule has 0 bridgehead atoms. The normalized spacial score (nSPS) is 10.4. The molecule has 0 saturated heterocycles. The number of benzene rings is 2. The van der Waals surface area contributed by atoms with Gasteiger partial charge < -0.3 is 10.1 Å². The smallest absolute Gasteiger partial charge is 0.230 e. The van der Waals surface area contributed by atoms with Crippen molar-refractivity contribution in [2.24, 2.45) is 0 Å². The molecule has 7 heteroatoms. The first-order valence-electron chi connectivity index (χ1n) is 8.27. The monoisotopic (exact) mass is 399 g/mol. The maximum absolute atomic E-state index is 12.1. The average Bonchev–Trinajstić information content (AvgIpc) is 2.72. The molecule has 3 rings (SSSR count). The van der Waals surface area contributed by atoms with Crippen molar-refractivity contribution in [3.63, 3.8) is 0 Å². The van der Waals surface area contributed by atoms with Gasteiger partial charge in [-0.2, -0.15) is 0 Å². The molecule has 0 unspecified atom stereocenters. The van der Waals surface area contributed by atoms with Gasteiger partial charge in [0.1, 0.15) is 10.8 Å². The molecular formula is C20H18ClN3O2S. The fourth-order valence-electron chi connectivity index (χ4n) is 2.40. The van der Waals surface area contributed by atoms with E-state index in [1.165, 1.54) is 11.8 Å². The van der Waals surface area contributed by atoms with Crippen LogP contribution < -0.4 is 10.1 Å². The second-order valence-corrected chi connectivity index (χ2v) is 7.07. The second-order valence-electron chi connectivity index (χ2n) is 5.64. The largest absolute Gasteiger partial charge is 0.496 e. The van der Waals surface area contributed by atoms with E-state index in [1.54, 1.807) is 7.11 Å². The second kappa shape index (κ2) is 9.39. The summed E-state index contributed by atoms with van der Waals surface area (Å²) >= 11 is 7.23. The van der Waals surface area contributed by atoms with Crippen LogP contribution in [-0.2, 0) is 11.3 Å². The third-order valence-electron chi connectivity index (χ3n) is 3.80. The van der Waals surface area contributed by atoms with E-state index in [2.05, 4.69) is 15.5 Å². The Hall–Kier alpha value is -2.57. The highest BCUT2D eigenvalue weighted by atomic mass is 35.5. The van der Waals surface area contributed by atoms with Gasteiger partial charge in [-0.25, -0.2) is 0 Å². The van der Waals surface area contributed by atoms with Crippen molar-refractivity contribution in [1.29, 1.82) is 0 Å². The Morgan fingerprint density at radius 2 is 1.85 bits per heavy atom. The number of amides is 1. The van der Waals surface area contributed by atoms with Gasteiger partial charge in [0.05, 0.1) is 18.6 Å². The Morgan fingerprint density at radius 1 is 1.07 bits per heavy atom. The lowest BCUT2D eigenvalue weighted by molar-refractivity contribution is -0.118. The number of rotatable bonds is 7. The first-order chi connectivity index (χ1) is 13.2. The number of hydrogen-bond acceptors (Lipinski definition) is 5. The van der Waals surface area contributed by atoms with E-state index in [-0.39, 0.29) is 11.7 Å². The van der Waals surface area contributed by atoms with Crippen LogP contribution in [-0.4, -0.2) is 29.0 Å². The number of ether oxygens (including phenoxy) is 1. The zero-order chi connectivity index (χ0) is 19.1. The fraction of sp³-hybridized carbons (Fsp3) is 0.150. The molecule has 0 radical (unpaired) electrons. The van der Waals surface area contributed by atoms with Crippen LogP contribution >= 0.6 is 23.4 Å². The summed E-state index contributed by atoms with van der Waals surface area (Å²) in [6.07, 6.45) is 0. The van der Waals surface area contributed by atoms with Crippen LogP contribution in [0.25, 0.3) is 11.3 Å². The van der Waals surface area contributed by atoms with E-state index >= 15 is 0 Å². The van der Waals surface area contributed by atoms with Crippen molar-refractivity contribution in [1.82, 2.24) is 15.5 Å². The van der Waals surface area contributed by atoms with E-state index in [0.717, 1.165) is 22.6 Å². The zero-order valence-electron chi connectivity index (χ0n) is 14.7. The van der Waals surface area contributed by atoms with Crippen LogP contribution in [0.1, 0.15) is 5.56 Å². The number of halogens is 1. The lowest BCUT2D eigenvalue weighted by atomic mass is 10.1. The lowest BCUT2D eigenvalue weighted by Gasteiger charge is -2.09. The highest BCUT2D eigenvalue weighted by Gasteiger charge is 2.07. The maximum atomic E-state index is 12.1. The highest BCUT2D eigenvalue weighted by Crippen LogP contribution is 2.21. The van der Waals surface area contributed by atoms with Gasteiger partial charge in [0.2, 0.25) is 5.91 Å². The van der Waals surface area contributed by atoms with Gasteiger partial charge in [-0.1, -0.05) is 53.7 Å². The maximum Gasteiger partial charge on any atom is 0.230 e. The molecule has 1 heterocycles. The average molecular weight is 400 g/mol. The summed E-state index contributed by atoms with van der Waals surface area (Å²) in [4.78, 5) is 12.1. The molecule has 5 nitrogen and oxygen atoms in total. The summed E-state index contributed by atoms with van der Waals surface area (Å²) in [5.74, 6) is 0.952. The standard InChI is InChI=1S/C20H18ClN3O2S/c1-26-18-5-3-2-4-15(18)12-22-19(25)13-27-20-11-10-17(23-24-20)14-6-8-16(21)9-7-14/h2-11H,12-13H2,1H3,(H,22,25). The van der Waals surface area contributed by atoms with Gasteiger partial charge in [-0.3, -0.25) is 4.79 Å². The lowest BCUT2D eigenvalue weighted by Crippen LogP contribution is -2.24. The van der Waals surface area contributed by atoms with Crippen molar-refractivity contribution in [3.8, 4) is 17.0 Å². The topological polar surface area (TPSA) is 64.1 Å². The van der Waals surface area contributed by atoms with E-state index < -0.39 is 0 Å². The number of nitrogens with zero attached hydrogens (tertiary/aromatic N) is 2. The third kappa shape index (κ3) is 5.45. The number of hydrogen-bond donors (Lipinski definition) is 1. The molecule has 138 valence electrons. The quantitative estimate of drug-likeness (QED) is 0.603. The first kappa shape index (κ1) is 19.2. The molecule has 0 aliphatic carbocycles. The molecule has 1 N–H and O–H groups in total. The molecule has 0 atom stereocenters. The van der Waals surface area contributed by atoms with Crippen LogP contribution in [0.5, 0.6) is 5.75 Å². The Morgan fingerprint density at radius 3 is 2.56 bits per heavy atom. The van der Waals surface area contributed by atoms with Crippen molar-refractivity contribution in [3.05, 3.63) is 71.2 Å². The zero-order valence-corrected chi connectivity index (χ0v) is 16.3. The van der Waals surface area contributed by atoms with Crippen LogP contribution in [0.3, 0.4) is 0 Å². The van der Waals surface area contributed by atoms with E-state index in [4.69, 9.17) is 16.3 Å². The number of para-hydroxylation sites is 1. The van der Waals surface area contributed by atoms with Gasteiger partial charge in [0.15, 0.2) is 0 Å². The molecule has 2 aromatic carbocycles. The molecule has 0 aliphatic heterocycles. The predicted octanol–water partition coefficient (Wildman–Crippen LogP) is 4.21. The summed E-state index contributed by atoms with van der Waals surface area (Å²) in [7, 11) is 1.61. The van der Waals surface area contributed by atoms with Gasteiger partial charge in [-0.15, -0.1) is 10.2 Å². The Labute approximate surface area is 167 Å². The number of carbonyl (C=O) groups is 1. The first-order valence-corrected chi connectivity index (χ1v) is 9.63. The van der Waals surface area contributed by atoms with Crippen LogP contribution in [0.15, 0.2) is 65.7 Å². The minimum absolute atomic E-state index is 0.0746. The fourth-order valence-corrected chi connectivity index (χ4v) is 3.17. The minimum atomic E-state index is -0.0746. The number of nitrogens with one attached hydrogen (secondary N) is 1. The summed E-state index contributed by atoms with van der Waals surface area (Å²) in [5.41, 5.74) is 2.64. The molecule has 1 amide bonds. The number of carbonyl (C=O) groups excluding carboxylic acids is 1. The number of methoxy groups -OCH3 is 1. The van der Waals surface area contributed by atoms with Crippen molar-refractivity contribution >= 4 is 29.3 Å². The summed E-state index contributed by atoms with van der Waals surface area (Å²) < 4.78 is 5.28. The van der Waals surface area contributed by atoms with Gasteiger partial charge in [0, 0.05) is 22.7 Å². The van der Waals surface area contributed by atoms with Crippen molar-refractivity contribution in [2.75, 3.05) is 12.9 Å². The van der Waals surface area contributed by atoms with E-state index in [0.29, 0.717) is 16.6 Å². The molecule has 0 fully saturated rings. The van der Waals surface area contributed by atoms with Crippen molar-refractivity contribution < 1.29 is 9.53 Å². The van der Waals surface area contributed by atoms with E-state index in [1.807, 2.05) is 60.7 Å². The SMILES string of the molecule is COc1ccccc1CNC(=O)CSc1ccc(-c2ccc(Cl)cc2)nn1. The Bertz CT molecular complexity index is 902. The highest BCUT2D eigenvalue weighted by molar-refractivity contribution is 7.99. The molecule has 0 spiro atoms. The molecule has 27 heavy (non-hydrogen) atoms. The molecule has 0 saturated carbocycles. The summed E-state index contributed by atoms with van der Waals surface area (Å²) in [6, 6.07) is 18.8. The predicted molar refractivity (Wildman–Crippen MR) is 108 cm³/mol. The molecule has 3 aromatic rings. The minimum Gasteiger partial charge on any atom is -0.496 e. The third-order valence-corrected chi connectivity index (χ3v) is 4.97. The number of thioether (sulfide) groups is 1. The van der Waals surface area contributed by atoms with Crippen molar-refractivity contribution in [2.45, 2.75) is 11.6 Å². The Balaban J connectivity index is 1.51. The van der Waals surface area contributed by atoms with Crippen LogP contribution in [0.2, 0.25) is 5.02 Å². The number of aromatic nitrogens is 2. The molecule has 0 aliphatic rings.